The minimum atomic E-state index is -2.53. The van der Waals surface area contributed by atoms with Crippen molar-refractivity contribution in [2.75, 3.05) is 0 Å². The van der Waals surface area contributed by atoms with E-state index in [0.717, 1.165) is 11.1 Å². The van der Waals surface area contributed by atoms with Crippen LogP contribution in [0.4, 0.5) is 0 Å². The molecule has 0 aliphatic carbocycles. The highest BCUT2D eigenvalue weighted by Gasteiger charge is 2.18. The molecule has 0 aromatic heterocycles. The number of hydrogen-bond donors (Lipinski definition) is 1. The van der Waals surface area contributed by atoms with Gasteiger partial charge in [0.1, 0.15) is 0 Å². The molecule has 0 aliphatic heterocycles. The van der Waals surface area contributed by atoms with Gasteiger partial charge >= 0.3 is 0 Å². The maximum Gasteiger partial charge on any atom is 0.168 e. The van der Waals surface area contributed by atoms with E-state index in [0.29, 0.717) is 10.8 Å². The van der Waals surface area contributed by atoms with Gasteiger partial charge in [0.05, 0.1) is 4.90 Å². The highest BCUT2D eigenvalue weighted by molar-refractivity contribution is 7.72. The van der Waals surface area contributed by atoms with Crippen LogP contribution < -0.4 is 0 Å². The molecule has 2 nitrogen and oxygen atoms in total. The zero-order valence-electron chi connectivity index (χ0n) is 12.2. The van der Waals surface area contributed by atoms with Crippen LogP contribution in [0.3, 0.4) is 0 Å². The second-order valence-corrected chi connectivity index (χ2v) is 6.73. The first-order valence-electron chi connectivity index (χ1n) is 6.57. The van der Waals surface area contributed by atoms with Crippen LogP contribution in [-0.2, 0) is 10.7 Å². The lowest BCUT2D eigenvalue weighted by Crippen LogP contribution is -2.05. The second kappa shape index (κ2) is 5.87. The zero-order chi connectivity index (χ0) is 14.0. The van der Waals surface area contributed by atoms with Gasteiger partial charge in [-0.1, -0.05) is 53.7 Å². The number of thiol groups is 1. The Hall–Kier alpha value is -0.830. The van der Waals surface area contributed by atoms with Crippen LogP contribution in [0.5, 0.6) is 0 Å². The van der Waals surface area contributed by atoms with Crippen LogP contribution in [0.2, 0.25) is 0 Å². The molecular formula is C15H24O2S. The molecule has 0 spiro atoms. The third kappa shape index (κ3) is 3.14. The number of rotatable bonds is 4. The van der Waals surface area contributed by atoms with Gasteiger partial charge in [0, 0.05) is 0 Å². The van der Waals surface area contributed by atoms with Gasteiger partial charge < -0.3 is 0 Å². The maximum atomic E-state index is 11.6. The summed E-state index contributed by atoms with van der Waals surface area (Å²) in [5.41, 5.74) is 3.14. The van der Waals surface area contributed by atoms with E-state index in [-0.39, 0.29) is 11.8 Å². The van der Waals surface area contributed by atoms with Crippen LogP contribution in [0.1, 0.15) is 76.0 Å². The van der Waals surface area contributed by atoms with Crippen LogP contribution in [0, 0.1) is 0 Å². The Morgan fingerprint density at radius 2 is 1.17 bits per heavy atom. The van der Waals surface area contributed by atoms with Crippen molar-refractivity contribution in [1.29, 1.82) is 0 Å². The van der Waals surface area contributed by atoms with Crippen molar-refractivity contribution >= 4 is 10.7 Å². The summed E-state index contributed by atoms with van der Waals surface area (Å²) >= 11 is 0. The lowest BCUT2D eigenvalue weighted by atomic mass is 9.89. The Labute approximate surface area is 112 Å². The van der Waals surface area contributed by atoms with Crippen LogP contribution in [0.15, 0.2) is 17.0 Å². The molecule has 1 rings (SSSR count). The fourth-order valence-electron chi connectivity index (χ4n) is 2.13. The summed E-state index contributed by atoms with van der Waals surface area (Å²) in [6.07, 6.45) is 0. The van der Waals surface area contributed by atoms with E-state index in [1.165, 1.54) is 5.56 Å². The average molecular weight is 268 g/mol. The van der Waals surface area contributed by atoms with Gasteiger partial charge in [-0.2, -0.15) is 0 Å². The third-order valence-corrected chi connectivity index (χ3v) is 4.17. The normalized spacial score (nSPS) is 12.1. The number of benzene rings is 1. The van der Waals surface area contributed by atoms with Gasteiger partial charge in [-0.3, -0.25) is 0 Å². The molecule has 0 bridgehead atoms. The molecule has 0 saturated heterocycles. The summed E-state index contributed by atoms with van der Waals surface area (Å²) in [4.78, 5) is 0.541. The Balaban J connectivity index is 3.65. The molecule has 0 amide bonds. The van der Waals surface area contributed by atoms with Crippen LogP contribution >= 0.6 is 0 Å². The van der Waals surface area contributed by atoms with Crippen molar-refractivity contribution in [2.45, 2.75) is 64.2 Å². The van der Waals surface area contributed by atoms with Crippen molar-refractivity contribution in [2.24, 2.45) is 0 Å². The van der Waals surface area contributed by atoms with Gasteiger partial charge in [0.25, 0.3) is 0 Å². The van der Waals surface area contributed by atoms with E-state index in [9.17, 15) is 8.42 Å². The molecule has 0 saturated carbocycles. The SMILES string of the molecule is CC(C)c1cc(C(C)C)c([SH](=O)=O)c(C(C)C)c1. The predicted octanol–water partition coefficient (Wildman–Crippen LogP) is 4.03. The summed E-state index contributed by atoms with van der Waals surface area (Å²) in [7, 11) is -2.53. The summed E-state index contributed by atoms with van der Waals surface area (Å²) in [6.45, 7) is 12.5. The summed E-state index contributed by atoms with van der Waals surface area (Å²) in [5.74, 6) is 0.867. The fraction of sp³-hybridized carbons (Fsp3) is 0.600. The van der Waals surface area contributed by atoms with Gasteiger partial charge in [0.2, 0.25) is 0 Å². The topological polar surface area (TPSA) is 34.1 Å². The molecule has 0 heterocycles. The first-order valence-corrected chi connectivity index (χ1v) is 7.75. The zero-order valence-corrected chi connectivity index (χ0v) is 13.0. The smallest absolute Gasteiger partial charge is 0.168 e. The molecule has 0 fully saturated rings. The molecule has 0 N–H and O–H groups in total. The molecule has 3 heteroatoms. The lowest BCUT2D eigenvalue weighted by Gasteiger charge is -2.19. The maximum absolute atomic E-state index is 11.6. The monoisotopic (exact) mass is 268 g/mol. The van der Waals surface area contributed by atoms with Crippen molar-refractivity contribution in [3.63, 3.8) is 0 Å². The first-order chi connectivity index (χ1) is 8.25. The van der Waals surface area contributed by atoms with E-state index >= 15 is 0 Å². The molecule has 0 atom stereocenters. The van der Waals surface area contributed by atoms with Crippen molar-refractivity contribution in [3.05, 3.63) is 28.8 Å². The van der Waals surface area contributed by atoms with Gasteiger partial charge in [0.15, 0.2) is 10.7 Å². The molecule has 0 unspecified atom stereocenters. The molecule has 1 aromatic carbocycles. The van der Waals surface area contributed by atoms with E-state index in [2.05, 4.69) is 26.0 Å². The summed E-state index contributed by atoms with van der Waals surface area (Å²) in [5, 5.41) is 0. The van der Waals surface area contributed by atoms with Crippen molar-refractivity contribution in [1.82, 2.24) is 0 Å². The highest BCUT2D eigenvalue weighted by Crippen LogP contribution is 2.32. The molecule has 1 aromatic rings. The second-order valence-electron chi connectivity index (χ2n) is 5.77. The summed E-state index contributed by atoms with van der Waals surface area (Å²) in [6, 6.07) is 4.11. The van der Waals surface area contributed by atoms with E-state index in [1.807, 2.05) is 27.7 Å². The minimum absolute atomic E-state index is 0.226. The largest absolute Gasteiger partial charge is 0.227 e. The van der Waals surface area contributed by atoms with Crippen LogP contribution in [0.25, 0.3) is 0 Å². The fourth-order valence-corrected chi connectivity index (χ4v) is 3.20. The Bertz CT molecular complexity index is 460. The van der Waals surface area contributed by atoms with Crippen LogP contribution in [-0.4, -0.2) is 8.42 Å². The third-order valence-electron chi connectivity index (χ3n) is 3.28. The minimum Gasteiger partial charge on any atom is -0.227 e. The lowest BCUT2D eigenvalue weighted by molar-refractivity contribution is 0.609. The molecular weight excluding hydrogens is 244 g/mol. The van der Waals surface area contributed by atoms with Gasteiger partial charge in [-0.15, -0.1) is 0 Å². The molecule has 18 heavy (non-hydrogen) atoms. The Morgan fingerprint density at radius 1 is 0.778 bits per heavy atom. The van der Waals surface area contributed by atoms with E-state index in [1.54, 1.807) is 0 Å². The molecule has 0 aliphatic rings. The summed E-state index contributed by atoms with van der Waals surface area (Å²) < 4.78 is 23.1. The first kappa shape index (κ1) is 15.2. The quantitative estimate of drug-likeness (QED) is 0.837. The molecule has 0 radical (unpaired) electrons. The predicted molar refractivity (Wildman–Crippen MR) is 77.3 cm³/mol. The van der Waals surface area contributed by atoms with Crippen molar-refractivity contribution in [3.8, 4) is 0 Å². The van der Waals surface area contributed by atoms with Crippen molar-refractivity contribution < 1.29 is 8.42 Å². The van der Waals surface area contributed by atoms with Gasteiger partial charge in [-0.25, -0.2) is 8.42 Å². The van der Waals surface area contributed by atoms with E-state index < -0.39 is 10.7 Å². The average Bonchev–Trinajstić information content (AvgIpc) is 2.26. The number of hydrogen-bond acceptors (Lipinski definition) is 2. The molecule has 102 valence electrons. The van der Waals surface area contributed by atoms with Gasteiger partial charge in [-0.05, 0) is 34.4 Å². The Morgan fingerprint density at radius 3 is 1.39 bits per heavy atom. The van der Waals surface area contributed by atoms with E-state index in [4.69, 9.17) is 0 Å². The highest BCUT2D eigenvalue weighted by atomic mass is 32.2. The standard InChI is InChI=1S/C15H24O2S/c1-9(2)12-7-13(10(3)4)15(18(16)17)14(8-12)11(5)6/h7-11,18H,1-6H3. The Kier molecular flexibility index (Phi) is 4.97.